The molecule has 4 aliphatic rings. The molecule has 9 aromatic carbocycles. The second kappa shape index (κ2) is 14.8. The standard InChI is InChI=1S/C60H49N/c1-2-8-44(9-3-1)48-20-27-56(28-21-48)61(57-29-22-49(23-30-57)47-18-25-55(26-19-47)60-38-41-32-42(39-60)34-43(33-41)40-60)59-31-24-53(52-16-14-45-10-4-6-12-50(45)35-52)37-58(59)54-17-15-46-11-5-7-13-51(46)36-54/h1-31,35-37,41-43H,32-34,38-40H2. The number of nitrogens with zero attached hydrogens (tertiary/aromatic N) is 1. The lowest BCUT2D eigenvalue weighted by Crippen LogP contribution is -2.48. The van der Waals surface area contributed by atoms with E-state index in [9.17, 15) is 0 Å². The van der Waals surface area contributed by atoms with Crippen LogP contribution in [0.15, 0.2) is 206 Å². The van der Waals surface area contributed by atoms with Gasteiger partial charge in [0.05, 0.1) is 5.69 Å². The fraction of sp³-hybridized carbons (Fsp3) is 0.167. The van der Waals surface area contributed by atoms with Gasteiger partial charge in [-0.25, -0.2) is 0 Å². The van der Waals surface area contributed by atoms with Gasteiger partial charge in [-0.2, -0.15) is 0 Å². The average Bonchev–Trinajstić information content (AvgIpc) is 3.32. The molecule has 4 fully saturated rings. The molecule has 9 aromatic rings. The second-order valence-electron chi connectivity index (χ2n) is 18.4. The van der Waals surface area contributed by atoms with E-state index in [0.29, 0.717) is 5.41 Å². The Kier molecular flexibility index (Phi) is 8.77. The first-order chi connectivity index (χ1) is 30.1. The summed E-state index contributed by atoms with van der Waals surface area (Å²) in [4.78, 5) is 2.45. The van der Waals surface area contributed by atoms with Crippen molar-refractivity contribution in [1.29, 1.82) is 0 Å². The first-order valence-electron chi connectivity index (χ1n) is 22.4. The zero-order valence-corrected chi connectivity index (χ0v) is 34.6. The van der Waals surface area contributed by atoms with Gasteiger partial charge in [-0.15, -0.1) is 0 Å². The molecule has 4 bridgehead atoms. The Balaban J connectivity index is 0.964. The van der Waals surface area contributed by atoms with Gasteiger partial charge in [0.15, 0.2) is 0 Å². The number of anilines is 3. The van der Waals surface area contributed by atoms with E-state index in [1.165, 1.54) is 105 Å². The number of rotatable bonds is 8. The van der Waals surface area contributed by atoms with E-state index in [2.05, 4.69) is 211 Å². The summed E-state index contributed by atoms with van der Waals surface area (Å²) in [5.74, 6) is 2.85. The van der Waals surface area contributed by atoms with E-state index in [4.69, 9.17) is 0 Å². The lowest BCUT2D eigenvalue weighted by molar-refractivity contribution is -0.00518. The van der Waals surface area contributed by atoms with E-state index >= 15 is 0 Å². The van der Waals surface area contributed by atoms with Crippen molar-refractivity contribution >= 4 is 38.6 Å². The summed E-state index contributed by atoms with van der Waals surface area (Å²) in [6.07, 6.45) is 8.65. The minimum Gasteiger partial charge on any atom is -0.310 e. The Hall–Kier alpha value is -6.70. The topological polar surface area (TPSA) is 3.24 Å². The van der Waals surface area contributed by atoms with Crippen LogP contribution in [0.3, 0.4) is 0 Å². The molecule has 0 saturated heterocycles. The smallest absolute Gasteiger partial charge is 0.0540 e. The third-order valence-corrected chi connectivity index (χ3v) is 14.6. The summed E-state index contributed by atoms with van der Waals surface area (Å²) >= 11 is 0. The van der Waals surface area contributed by atoms with Crippen molar-refractivity contribution in [2.24, 2.45) is 17.8 Å². The van der Waals surface area contributed by atoms with E-state index in [1.807, 2.05) is 0 Å². The monoisotopic (exact) mass is 783 g/mol. The summed E-state index contributed by atoms with van der Waals surface area (Å²) in [6.45, 7) is 0. The van der Waals surface area contributed by atoms with Crippen molar-refractivity contribution in [3.8, 4) is 44.5 Å². The van der Waals surface area contributed by atoms with E-state index in [-0.39, 0.29) is 0 Å². The first kappa shape index (κ1) is 36.2. The van der Waals surface area contributed by atoms with Crippen LogP contribution in [-0.2, 0) is 5.41 Å². The molecule has 0 radical (unpaired) electrons. The Morgan fingerprint density at radius 3 is 1.30 bits per heavy atom. The molecule has 13 rings (SSSR count). The van der Waals surface area contributed by atoms with Gasteiger partial charge in [-0.1, -0.05) is 158 Å². The summed E-state index contributed by atoms with van der Waals surface area (Å²) < 4.78 is 0. The summed E-state index contributed by atoms with van der Waals surface area (Å²) in [5.41, 5.74) is 15.1. The van der Waals surface area contributed by atoms with Crippen LogP contribution in [0.2, 0.25) is 0 Å². The van der Waals surface area contributed by atoms with Gasteiger partial charge < -0.3 is 4.90 Å². The average molecular weight is 784 g/mol. The lowest BCUT2D eigenvalue weighted by Gasteiger charge is -2.57. The summed E-state index contributed by atoms with van der Waals surface area (Å²) in [6, 6.07) is 76.8. The van der Waals surface area contributed by atoms with Crippen LogP contribution in [0.1, 0.15) is 44.1 Å². The van der Waals surface area contributed by atoms with Gasteiger partial charge in [-0.05, 0) is 176 Å². The normalized spacial score (nSPS) is 20.3. The number of fused-ring (bicyclic) bond motifs is 2. The minimum atomic E-state index is 0.417. The number of benzene rings is 9. The molecule has 0 aliphatic heterocycles. The van der Waals surface area contributed by atoms with Crippen molar-refractivity contribution in [2.45, 2.75) is 43.9 Å². The van der Waals surface area contributed by atoms with E-state index < -0.39 is 0 Å². The first-order valence-corrected chi connectivity index (χ1v) is 22.4. The minimum absolute atomic E-state index is 0.417. The zero-order chi connectivity index (χ0) is 40.3. The summed E-state index contributed by atoms with van der Waals surface area (Å²) in [7, 11) is 0. The van der Waals surface area contributed by atoms with E-state index in [0.717, 1.165) is 34.8 Å². The Bertz CT molecular complexity index is 3000. The second-order valence-corrected chi connectivity index (χ2v) is 18.4. The fourth-order valence-electron chi connectivity index (χ4n) is 12.0. The number of hydrogen-bond acceptors (Lipinski definition) is 1. The lowest BCUT2D eigenvalue weighted by atomic mass is 9.48. The molecule has 294 valence electrons. The van der Waals surface area contributed by atoms with Crippen molar-refractivity contribution in [3.05, 3.63) is 212 Å². The van der Waals surface area contributed by atoms with Crippen LogP contribution in [0.5, 0.6) is 0 Å². The maximum Gasteiger partial charge on any atom is 0.0540 e. The molecule has 4 aliphatic carbocycles. The molecule has 1 heteroatoms. The SMILES string of the molecule is c1ccc(-c2ccc(N(c3ccc(-c4ccc(C56CC7CC(CC(C7)C5)C6)cc4)cc3)c3ccc(-c4ccc5ccccc5c4)cc3-c3ccc4ccccc4c3)cc2)cc1. The van der Waals surface area contributed by atoms with Gasteiger partial charge in [0, 0.05) is 16.9 Å². The van der Waals surface area contributed by atoms with Crippen molar-refractivity contribution in [1.82, 2.24) is 0 Å². The van der Waals surface area contributed by atoms with Crippen molar-refractivity contribution in [2.75, 3.05) is 4.90 Å². The Morgan fingerprint density at radius 2 is 0.738 bits per heavy atom. The van der Waals surface area contributed by atoms with Crippen LogP contribution >= 0.6 is 0 Å². The highest BCUT2D eigenvalue weighted by Crippen LogP contribution is 2.61. The van der Waals surface area contributed by atoms with Crippen LogP contribution in [0, 0.1) is 17.8 Å². The molecule has 4 saturated carbocycles. The van der Waals surface area contributed by atoms with Crippen LogP contribution in [0.25, 0.3) is 66.1 Å². The molecule has 61 heavy (non-hydrogen) atoms. The fourth-order valence-corrected chi connectivity index (χ4v) is 12.0. The van der Waals surface area contributed by atoms with Crippen molar-refractivity contribution < 1.29 is 0 Å². The molecule has 0 spiro atoms. The quantitative estimate of drug-likeness (QED) is 0.148. The van der Waals surface area contributed by atoms with Crippen LogP contribution in [0.4, 0.5) is 17.1 Å². The van der Waals surface area contributed by atoms with Crippen molar-refractivity contribution in [3.63, 3.8) is 0 Å². The van der Waals surface area contributed by atoms with E-state index in [1.54, 1.807) is 5.56 Å². The Labute approximate surface area is 360 Å². The molecule has 1 nitrogen and oxygen atoms in total. The van der Waals surface area contributed by atoms with Gasteiger partial charge in [0.25, 0.3) is 0 Å². The van der Waals surface area contributed by atoms with Crippen LogP contribution in [-0.4, -0.2) is 0 Å². The molecule has 0 atom stereocenters. The largest absolute Gasteiger partial charge is 0.310 e. The third kappa shape index (κ3) is 6.64. The maximum atomic E-state index is 2.48. The number of hydrogen-bond donors (Lipinski definition) is 0. The Morgan fingerprint density at radius 1 is 0.328 bits per heavy atom. The molecule has 0 aromatic heterocycles. The highest BCUT2D eigenvalue weighted by Gasteiger charge is 2.51. The summed E-state index contributed by atoms with van der Waals surface area (Å²) in [5, 5.41) is 4.98. The highest BCUT2D eigenvalue weighted by molar-refractivity contribution is 5.96. The molecular weight excluding hydrogens is 735 g/mol. The third-order valence-electron chi connectivity index (χ3n) is 14.6. The predicted molar refractivity (Wildman–Crippen MR) is 258 cm³/mol. The molecule has 0 N–H and O–H groups in total. The molecule has 0 unspecified atom stereocenters. The predicted octanol–water partition coefficient (Wildman–Crippen LogP) is 16.6. The molecular formula is C60H49N. The van der Waals surface area contributed by atoms with Gasteiger partial charge in [0.1, 0.15) is 0 Å². The van der Waals surface area contributed by atoms with Gasteiger partial charge >= 0.3 is 0 Å². The highest BCUT2D eigenvalue weighted by atomic mass is 15.1. The molecule has 0 amide bonds. The van der Waals surface area contributed by atoms with Crippen LogP contribution < -0.4 is 4.90 Å². The van der Waals surface area contributed by atoms with Gasteiger partial charge in [-0.3, -0.25) is 0 Å². The maximum absolute atomic E-state index is 2.48. The molecule has 0 heterocycles. The zero-order valence-electron chi connectivity index (χ0n) is 34.6. The van der Waals surface area contributed by atoms with Gasteiger partial charge in [0.2, 0.25) is 0 Å².